The van der Waals surface area contributed by atoms with Gasteiger partial charge in [-0.3, -0.25) is 18.2 Å². The molecule has 2 saturated heterocycles. The molecule has 10 rings (SSSR count). The number of ether oxygens (including phenoxy) is 5. The topological polar surface area (TPSA) is 250 Å². The molecular formula is C63H72N10O12P2. The van der Waals surface area contributed by atoms with Crippen LogP contribution in [0.15, 0.2) is 169 Å². The average molecular weight is 1220 g/mol. The second kappa shape index (κ2) is 29.0. The predicted molar refractivity (Wildman–Crippen MR) is 327 cm³/mol. The van der Waals surface area contributed by atoms with Crippen LogP contribution in [0.5, 0.6) is 11.5 Å². The zero-order valence-corrected chi connectivity index (χ0v) is 51.1. The molecule has 3 aromatic heterocycles. The largest absolute Gasteiger partial charge is 0.497 e. The summed E-state index contributed by atoms with van der Waals surface area (Å²) in [7, 11) is -3.72. The highest BCUT2D eigenvalue weighted by atomic mass is 31.2. The Bertz CT molecular complexity index is 3590. The SMILES string of the molecule is COc1ccc(C(OC[C@H]2O[C@@H](n3ccc(NCc4ccccc4)nc3=O)C[C@@H]2OP(=O)(O)OC[C@H]2O[C@@H](n3cnc4c(NCc5ccccc5)ncnc43)C[C@@H]2OP(OCCC#N)N(C(C)C)C(C)C)(c2ccccc2)c2ccc(OC)cc2)cc1. The van der Waals surface area contributed by atoms with E-state index >= 15 is 0 Å². The van der Waals surface area contributed by atoms with Crippen molar-refractivity contribution in [3.8, 4) is 17.6 Å². The lowest BCUT2D eigenvalue weighted by atomic mass is 9.80. The van der Waals surface area contributed by atoms with Gasteiger partial charge in [0.2, 0.25) is 0 Å². The number of phosphoric acid groups is 1. The molecule has 2 unspecified atom stereocenters. The molecule has 3 N–H and O–H groups in total. The Labute approximate surface area is 506 Å². The first-order chi connectivity index (χ1) is 42.2. The first-order valence-corrected chi connectivity index (χ1v) is 31.4. The number of aromatic nitrogens is 6. The molecule has 0 aliphatic carbocycles. The second-order valence-corrected chi connectivity index (χ2v) is 24.2. The number of hydrogen-bond acceptors (Lipinski definition) is 19. The second-order valence-electron chi connectivity index (χ2n) is 21.4. The van der Waals surface area contributed by atoms with E-state index in [0.717, 1.165) is 27.8 Å². The molecule has 87 heavy (non-hydrogen) atoms. The number of phosphoric ester groups is 1. The molecule has 0 amide bonds. The number of imidazole rings is 1. The highest BCUT2D eigenvalue weighted by molar-refractivity contribution is 7.47. The van der Waals surface area contributed by atoms with Gasteiger partial charge in [-0.15, -0.1) is 0 Å². The van der Waals surface area contributed by atoms with Crippen molar-refractivity contribution in [1.82, 2.24) is 33.7 Å². The van der Waals surface area contributed by atoms with Crippen LogP contribution in [-0.4, -0.2) is 109 Å². The first-order valence-electron chi connectivity index (χ1n) is 28.8. The van der Waals surface area contributed by atoms with Crippen LogP contribution in [0, 0.1) is 11.3 Å². The van der Waals surface area contributed by atoms with Crippen LogP contribution in [0.25, 0.3) is 11.2 Å². The zero-order chi connectivity index (χ0) is 60.9. The lowest BCUT2D eigenvalue weighted by molar-refractivity contribution is -0.0950. The summed E-state index contributed by atoms with van der Waals surface area (Å²) in [5, 5.41) is 16.1. The maximum absolute atomic E-state index is 14.8. The quantitative estimate of drug-likeness (QED) is 0.0224. The first kappa shape index (κ1) is 62.6. The predicted octanol–water partition coefficient (Wildman–Crippen LogP) is 11.1. The van der Waals surface area contributed by atoms with Crippen molar-refractivity contribution in [2.75, 3.05) is 44.7 Å². The third-order valence-electron chi connectivity index (χ3n) is 15.0. The molecule has 5 aromatic carbocycles. The molecule has 456 valence electrons. The van der Waals surface area contributed by atoms with Gasteiger partial charge in [-0.25, -0.2) is 29.0 Å². The van der Waals surface area contributed by atoms with Crippen LogP contribution in [-0.2, 0) is 55.6 Å². The summed E-state index contributed by atoms with van der Waals surface area (Å²) in [5.41, 5.74) is 3.30. The Morgan fingerprint density at radius 1 is 0.736 bits per heavy atom. The number of nitrogens with one attached hydrogen (secondary N) is 2. The van der Waals surface area contributed by atoms with Crippen molar-refractivity contribution in [2.45, 2.75) is 115 Å². The molecule has 2 aliphatic rings. The number of rotatable bonds is 29. The molecule has 24 heteroatoms. The average Bonchev–Trinajstić information content (AvgIpc) is 1.63. The zero-order valence-electron chi connectivity index (χ0n) is 49.3. The van der Waals surface area contributed by atoms with Gasteiger partial charge in [-0.2, -0.15) is 10.2 Å². The third-order valence-corrected chi connectivity index (χ3v) is 18.2. The number of nitrogens with zero attached hydrogens (tertiary/aromatic N) is 8. The van der Waals surface area contributed by atoms with E-state index in [1.165, 1.54) is 10.9 Å². The normalized spacial score (nSPS) is 19.7. The lowest BCUT2D eigenvalue weighted by Gasteiger charge is -2.37. The van der Waals surface area contributed by atoms with Crippen molar-refractivity contribution in [3.63, 3.8) is 0 Å². The van der Waals surface area contributed by atoms with Gasteiger partial charge in [0, 0.05) is 44.2 Å². The molecule has 0 saturated carbocycles. The van der Waals surface area contributed by atoms with Gasteiger partial charge in [0.1, 0.15) is 60.0 Å². The van der Waals surface area contributed by atoms with Crippen LogP contribution in [0.1, 0.15) is 87.2 Å². The van der Waals surface area contributed by atoms with Gasteiger partial charge < -0.3 is 48.3 Å². The van der Waals surface area contributed by atoms with Crippen LogP contribution in [0.4, 0.5) is 11.6 Å². The number of hydrogen-bond donors (Lipinski definition) is 3. The van der Waals surface area contributed by atoms with E-state index in [1.54, 1.807) is 37.4 Å². The standard InChI is InChI=1S/C63H72N10O12P2/c1-43(2)73(44(3)4)86(80-34-16-32-64)84-52-35-58(72-42-69-59-60(67-41-68-61(59)72)66-38-46-19-12-8-13-20-46)83-55(52)40-81-87(75,76)85-53-36-57(71-33-31-56(70-62(71)74)65-37-45-17-10-7-11-18-45)82-54(53)39-79-63(47-21-14-9-15-22-47,48-23-27-50(77-5)28-24-48)49-25-29-51(78-6)30-26-49/h7-15,17-31,33,41-44,52-55,57-58H,16,34-40H2,1-6H3,(H,75,76)(H,65,70,74)(H,66,67,68)/t52-,53-,54+,55+,57+,58+,86?/m0/s1. The van der Waals surface area contributed by atoms with E-state index in [0.29, 0.717) is 47.4 Å². The van der Waals surface area contributed by atoms with Gasteiger partial charge in [-0.05, 0) is 85.8 Å². The summed E-state index contributed by atoms with van der Waals surface area (Å²) in [5.74, 6) is 2.13. The van der Waals surface area contributed by atoms with Gasteiger partial charge in [0.15, 0.2) is 17.0 Å². The smallest absolute Gasteiger partial charge is 0.472 e. The summed E-state index contributed by atoms with van der Waals surface area (Å²) in [4.78, 5) is 44.2. The lowest BCUT2D eigenvalue weighted by Crippen LogP contribution is -2.38. The van der Waals surface area contributed by atoms with Crippen LogP contribution in [0.2, 0.25) is 0 Å². The van der Waals surface area contributed by atoms with Crippen molar-refractivity contribution < 1.29 is 51.2 Å². The number of anilines is 2. The fraction of sp³-hybridized carbons (Fsp3) is 0.365. The Hall–Kier alpha value is -7.48. The highest BCUT2D eigenvalue weighted by Gasteiger charge is 2.47. The number of benzene rings is 5. The minimum Gasteiger partial charge on any atom is -0.497 e. The molecule has 2 fully saturated rings. The molecule has 8 atom stereocenters. The molecular weight excluding hydrogens is 1150 g/mol. The van der Waals surface area contributed by atoms with Gasteiger partial charge in [0.05, 0.1) is 59.0 Å². The van der Waals surface area contributed by atoms with E-state index < -0.39 is 71.1 Å². The fourth-order valence-corrected chi connectivity index (χ4v) is 13.5. The molecule has 0 radical (unpaired) electrons. The minimum absolute atomic E-state index is 0.0336. The third kappa shape index (κ3) is 15.1. The van der Waals surface area contributed by atoms with Gasteiger partial charge in [0.25, 0.3) is 8.53 Å². The van der Waals surface area contributed by atoms with Crippen molar-refractivity contribution in [3.05, 3.63) is 203 Å². The van der Waals surface area contributed by atoms with Gasteiger partial charge >= 0.3 is 13.5 Å². The van der Waals surface area contributed by atoms with E-state index in [-0.39, 0.29) is 44.6 Å². The molecule has 22 nitrogen and oxygen atoms in total. The van der Waals surface area contributed by atoms with Gasteiger partial charge in [-0.1, -0.05) is 115 Å². The molecule has 8 aromatic rings. The van der Waals surface area contributed by atoms with Crippen molar-refractivity contribution in [2.24, 2.45) is 0 Å². The maximum atomic E-state index is 14.8. The molecule has 0 spiro atoms. The van der Waals surface area contributed by atoms with E-state index in [1.807, 2.05) is 167 Å². The Morgan fingerprint density at radius 2 is 1.30 bits per heavy atom. The minimum atomic E-state index is -5.09. The molecule has 5 heterocycles. The van der Waals surface area contributed by atoms with Crippen LogP contribution in [0.3, 0.4) is 0 Å². The number of methoxy groups -OCH3 is 2. The molecule has 2 aliphatic heterocycles. The Balaban J connectivity index is 0.951. The van der Waals surface area contributed by atoms with E-state index in [2.05, 4.69) is 36.3 Å². The summed E-state index contributed by atoms with van der Waals surface area (Å²) < 4.78 is 77.4. The summed E-state index contributed by atoms with van der Waals surface area (Å²) in [6.07, 6.45) is -1.03. The highest BCUT2D eigenvalue weighted by Crippen LogP contribution is 2.53. The van der Waals surface area contributed by atoms with Crippen LogP contribution < -0.4 is 25.8 Å². The summed E-state index contributed by atoms with van der Waals surface area (Å²) >= 11 is 0. The monoisotopic (exact) mass is 1220 g/mol. The Kier molecular flexibility index (Phi) is 20.9. The van der Waals surface area contributed by atoms with E-state index in [4.69, 9.17) is 46.8 Å². The van der Waals surface area contributed by atoms with Crippen molar-refractivity contribution >= 4 is 39.1 Å². The number of fused-ring (bicyclic) bond motifs is 1. The summed E-state index contributed by atoms with van der Waals surface area (Å²) in [6.45, 7) is 8.43. The molecule has 0 bridgehead atoms. The fourth-order valence-electron chi connectivity index (χ4n) is 10.8. The van der Waals surface area contributed by atoms with Crippen molar-refractivity contribution in [1.29, 1.82) is 5.26 Å². The van der Waals surface area contributed by atoms with E-state index in [9.17, 15) is 19.5 Å². The van der Waals surface area contributed by atoms with Crippen LogP contribution >= 0.6 is 16.3 Å². The summed E-state index contributed by atoms with van der Waals surface area (Å²) in [6, 6.07) is 48.1. The Morgan fingerprint density at radius 3 is 1.89 bits per heavy atom. The number of nitriles is 1. The maximum Gasteiger partial charge on any atom is 0.472 e.